The summed E-state index contributed by atoms with van der Waals surface area (Å²) in [4.78, 5) is 24.3. The minimum Gasteiger partial charge on any atom is -0.482 e. The normalized spacial score (nSPS) is 10.3. The number of nitriles is 1. The zero-order valence-corrected chi connectivity index (χ0v) is 17.0. The van der Waals surface area contributed by atoms with Gasteiger partial charge in [-0.15, -0.1) is 0 Å². The van der Waals surface area contributed by atoms with Crippen LogP contribution in [0, 0.1) is 11.3 Å². The van der Waals surface area contributed by atoms with Crippen molar-refractivity contribution in [3.63, 3.8) is 0 Å². The zero-order chi connectivity index (χ0) is 22.1. The van der Waals surface area contributed by atoms with Crippen molar-refractivity contribution in [3.05, 3.63) is 94.5 Å². The van der Waals surface area contributed by atoms with E-state index in [1.807, 2.05) is 6.07 Å². The second-order valence-corrected chi connectivity index (χ2v) is 6.66. The van der Waals surface area contributed by atoms with Crippen LogP contribution in [0.2, 0.25) is 5.02 Å². The largest absolute Gasteiger partial charge is 0.482 e. The van der Waals surface area contributed by atoms with Crippen molar-refractivity contribution in [3.8, 4) is 11.8 Å². The van der Waals surface area contributed by atoms with E-state index in [-0.39, 0.29) is 12.5 Å². The summed E-state index contributed by atoms with van der Waals surface area (Å²) in [6.45, 7) is -0.288. The van der Waals surface area contributed by atoms with Gasteiger partial charge in [-0.2, -0.15) is 10.4 Å². The Balaban J connectivity index is 1.54. The molecule has 7 nitrogen and oxygen atoms in total. The summed E-state index contributed by atoms with van der Waals surface area (Å²) >= 11 is 6.05. The monoisotopic (exact) mass is 432 g/mol. The summed E-state index contributed by atoms with van der Waals surface area (Å²) in [6.07, 6.45) is 1.44. The van der Waals surface area contributed by atoms with Crippen LogP contribution in [0.5, 0.6) is 5.75 Å². The second-order valence-electron chi connectivity index (χ2n) is 6.25. The maximum Gasteiger partial charge on any atom is 0.277 e. The van der Waals surface area contributed by atoms with Crippen LogP contribution in [0.4, 0.5) is 5.69 Å². The number of carbonyl (C=O) groups excluding carboxylic acids is 2. The third-order valence-electron chi connectivity index (χ3n) is 4.03. The Labute approximate surface area is 183 Å². The number of para-hydroxylation sites is 1. The molecular formula is C23H17ClN4O3. The number of halogens is 1. The van der Waals surface area contributed by atoms with Crippen LogP contribution < -0.4 is 15.5 Å². The van der Waals surface area contributed by atoms with E-state index in [1.165, 1.54) is 6.21 Å². The topological polar surface area (TPSA) is 104 Å². The summed E-state index contributed by atoms with van der Waals surface area (Å²) in [6, 6.07) is 22.3. The van der Waals surface area contributed by atoms with Gasteiger partial charge in [-0.1, -0.05) is 48.0 Å². The molecule has 0 saturated carbocycles. The molecule has 0 spiro atoms. The summed E-state index contributed by atoms with van der Waals surface area (Å²) in [5, 5.41) is 16.0. The number of benzene rings is 3. The molecule has 0 aliphatic rings. The van der Waals surface area contributed by atoms with Gasteiger partial charge >= 0.3 is 0 Å². The molecule has 0 radical (unpaired) electrons. The van der Waals surface area contributed by atoms with Crippen molar-refractivity contribution in [2.75, 3.05) is 11.9 Å². The maximum absolute atomic E-state index is 12.4. The van der Waals surface area contributed by atoms with Gasteiger partial charge in [-0.3, -0.25) is 9.59 Å². The molecule has 2 amide bonds. The highest BCUT2D eigenvalue weighted by molar-refractivity contribution is 6.34. The number of hydrogen-bond acceptors (Lipinski definition) is 5. The fourth-order valence-electron chi connectivity index (χ4n) is 2.58. The summed E-state index contributed by atoms with van der Waals surface area (Å²) < 4.78 is 5.34. The summed E-state index contributed by atoms with van der Waals surface area (Å²) in [7, 11) is 0. The van der Waals surface area contributed by atoms with Crippen molar-refractivity contribution >= 4 is 35.3 Å². The number of hydrazone groups is 1. The van der Waals surface area contributed by atoms with Gasteiger partial charge in [0.2, 0.25) is 0 Å². The highest BCUT2D eigenvalue weighted by Crippen LogP contribution is 2.18. The van der Waals surface area contributed by atoms with Gasteiger partial charge in [-0.25, -0.2) is 5.43 Å². The molecule has 0 bridgehead atoms. The molecule has 0 unspecified atom stereocenters. The van der Waals surface area contributed by atoms with Crippen molar-refractivity contribution in [2.45, 2.75) is 0 Å². The fraction of sp³-hybridized carbons (Fsp3) is 0.0435. The quantitative estimate of drug-likeness (QED) is 0.435. The van der Waals surface area contributed by atoms with Gasteiger partial charge in [0.25, 0.3) is 11.8 Å². The maximum atomic E-state index is 12.4. The molecule has 0 aromatic heterocycles. The van der Waals surface area contributed by atoms with Crippen LogP contribution >= 0.6 is 11.6 Å². The van der Waals surface area contributed by atoms with E-state index in [9.17, 15) is 9.59 Å². The highest BCUT2D eigenvalue weighted by Gasteiger charge is 2.10. The van der Waals surface area contributed by atoms with E-state index >= 15 is 0 Å². The SMILES string of the molecule is N#Cc1ccccc1OCC(=O)N/N=C/c1cccc(NC(=O)c2ccccc2Cl)c1. The van der Waals surface area contributed by atoms with E-state index in [0.717, 1.165) is 0 Å². The predicted octanol–water partition coefficient (Wildman–Crippen LogP) is 3.99. The molecule has 3 rings (SSSR count). The molecule has 3 aromatic carbocycles. The predicted molar refractivity (Wildman–Crippen MR) is 118 cm³/mol. The number of ether oxygens (including phenoxy) is 1. The minimum absolute atomic E-state index is 0.288. The number of rotatable bonds is 7. The molecule has 0 aliphatic carbocycles. The minimum atomic E-state index is -0.479. The van der Waals surface area contributed by atoms with E-state index in [2.05, 4.69) is 15.8 Å². The molecule has 0 aliphatic heterocycles. The molecule has 2 N–H and O–H groups in total. The number of amides is 2. The first kappa shape index (κ1) is 21.6. The first-order valence-electron chi connectivity index (χ1n) is 9.16. The Morgan fingerprint density at radius 2 is 1.84 bits per heavy atom. The highest BCUT2D eigenvalue weighted by atomic mass is 35.5. The molecular weight excluding hydrogens is 416 g/mol. The van der Waals surface area contributed by atoms with Crippen LogP contribution in [0.25, 0.3) is 0 Å². The van der Waals surface area contributed by atoms with Gasteiger partial charge in [0.15, 0.2) is 6.61 Å². The molecule has 31 heavy (non-hydrogen) atoms. The average Bonchev–Trinajstić information content (AvgIpc) is 2.78. The lowest BCUT2D eigenvalue weighted by Crippen LogP contribution is -2.24. The van der Waals surface area contributed by atoms with Crippen LogP contribution in [0.3, 0.4) is 0 Å². The lowest BCUT2D eigenvalue weighted by Gasteiger charge is -2.07. The number of carbonyl (C=O) groups is 2. The Morgan fingerprint density at radius 3 is 2.65 bits per heavy atom. The van der Waals surface area contributed by atoms with Crippen LogP contribution in [-0.4, -0.2) is 24.6 Å². The smallest absolute Gasteiger partial charge is 0.277 e. The third kappa shape index (κ3) is 6.16. The van der Waals surface area contributed by atoms with Crippen molar-refractivity contribution < 1.29 is 14.3 Å². The fourth-order valence-corrected chi connectivity index (χ4v) is 2.80. The van der Waals surface area contributed by atoms with Crippen LogP contribution in [0.1, 0.15) is 21.5 Å². The molecule has 3 aromatic rings. The van der Waals surface area contributed by atoms with Crippen LogP contribution in [-0.2, 0) is 4.79 Å². The van der Waals surface area contributed by atoms with E-state index in [0.29, 0.717) is 33.1 Å². The zero-order valence-electron chi connectivity index (χ0n) is 16.2. The second kappa shape index (κ2) is 10.6. The Morgan fingerprint density at radius 1 is 1.06 bits per heavy atom. The molecule has 0 atom stereocenters. The number of nitrogens with one attached hydrogen (secondary N) is 2. The number of anilines is 1. The molecule has 0 saturated heterocycles. The molecule has 154 valence electrons. The Kier molecular flexibility index (Phi) is 7.35. The van der Waals surface area contributed by atoms with E-state index in [1.54, 1.807) is 72.8 Å². The molecule has 0 fully saturated rings. The van der Waals surface area contributed by atoms with Gasteiger partial charge in [0.1, 0.15) is 11.8 Å². The van der Waals surface area contributed by atoms with Gasteiger partial charge in [0, 0.05) is 5.69 Å². The van der Waals surface area contributed by atoms with E-state index in [4.69, 9.17) is 21.6 Å². The van der Waals surface area contributed by atoms with Gasteiger partial charge < -0.3 is 10.1 Å². The first-order valence-corrected chi connectivity index (χ1v) is 9.54. The summed E-state index contributed by atoms with van der Waals surface area (Å²) in [5.41, 5.74) is 4.27. The van der Waals surface area contributed by atoms with Crippen molar-refractivity contribution in [2.24, 2.45) is 5.10 Å². The standard InChI is InChI=1S/C23H17ClN4O3/c24-20-10-3-2-9-19(20)23(30)27-18-8-5-6-16(12-18)14-26-28-22(29)15-31-21-11-4-1-7-17(21)13-25/h1-12,14H,15H2,(H,27,30)(H,28,29)/b26-14+. The average molecular weight is 433 g/mol. The number of nitrogens with zero attached hydrogens (tertiary/aromatic N) is 2. The third-order valence-corrected chi connectivity index (χ3v) is 4.36. The lowest BCUT2D eigenvalue weighted by molar-refractivity contribution is -0.123. The number of hydrogen-bond donors (Lipinski definition) is 2. The van der Waals surface area contributed by atoms with Gasteiger partial charge in [-0.05, 0) is 42.0 Å². The molecule has 0 heterocycles. The Bertz CT molecular complexity index is 1170. The Hall–Kier alpha value is -4.15. The van der Waals surface area contributed by atoms with Crippen LogP contribution in [0.15, 0.2) is 77.9 Å². The molecule has 8 heteroatoms. The van der Waals surface area contributed by atoms with E-state index < -0.39 is 5.91 Å². The summed E-state index contributed by atoms with van der Waals surface area (Å²) in [5.74, 6) is -0.485. The lowest BCUT2D eigenvalue weighted by atomic mass is 10.2. The van der Waals surface area contributed by atoms with Crippen molar-refractivity contribution in [1.29, 1.82) is 5.26 Å². The first-order chi connectivity index (χ1) is 15.1. The van der Waals surface area contributed by atoms with Crippen molar-refractivity contribution in [1.82, 2.24) is 5.43 Å². The van der Waals surface area contributed by atoms with Gasteiger partial charge in [0.05, 0.1) is 22.4 Å².